The van der Waals surface area contributed by atoms with Crippen LogP contribution in [0, 0.1) is 0 Å². The molecule has 0 fully saturated rings. The van der Waals surface area contributed by atoms with Crippen molar-refractivity contribution in [2.24, 2.45) is 0 Å². The molecule has 24 heavy (non-hydrogen) atoms. The number of carbonyl (C=O) groups excluding carboxylic acids is 1. The number of carboxylic acid groups (broad SMARTS) is 1. The molecule has 1 aromatic rings. The van der Waals surface area contributed by atoms with Crippen LogP contribution in [-0.4, -0.2) is 20.9 Å². The largest absolute Gasteiger partial charge is 0.549 e. The van der Waals surface area contributed by atoms with Crippen LogP contribution in [0.15, 0.2) is 17.0 Å². The molecule has 0 unspecified atom stereocenters. The molecule has 0 aromatic heterocycles. The van der Waals surface area contributed by atoms with Crippen LogP contribution in [0.5, 0.6) is 5.75 Å². The SMILES string of the molecule is CC(C)(SCC(=O)[O-])Sc1cc(C(C)(C)C)c(O)c(C(C)(C)C)c1. The highest BCUT2D eigenvalue weighted by Gasteiger charge is 2.28. The van der Waals surface area contributed by atoms with Crippen LogP contribution in [0.1, 0.15) is 66.5 Å². The van der Waals surface area contributed by atoms with E-state index in [4.69, 9.17) is 0 Å². The van der Waals surface area contributed by atoms with Gasteiger partial charge in [-0.1, -0.05) is 41.5 Å². The minimum absolute atomic E-state index is 0.0314. The predicted molar refractivity (Wildman–Crippen MR) is 103 cm³/mol. The van der Waals surface area contributed by atoms with Gasteiger partial charge in [0.1, 0.15) is 5.75 Å². The summed E-state index contributed by atoms with van der Waals surface area (Å²) in [6.07, 6.45) is 0. The number of phenolic OH excluding ortho intramolecular Hbond substituents is 1. The lowest BCUT2D eigenvalue weighted by atomic mass is 9.79. The molecule has 5 heteroatoms. The van der Waals surface area contributed by atoms with Crippen molar-refractivity contribution in [1.29, 1.82) is 0 Å². The van der Waals surface area contributed by atoms with Crippen LogP contribution in [-0.2, 0) is 15.6 Å². The van der Waals surface area contributed by atoms with E-state index in [-0.39, 0.29) is 20.7 Å². The molecule has 0 saturated heterocycles. The molecule has 136 valence electrons. The third-order valence-corrected chi connectivity index (χ3v) is 6.24. The van der Waals surface area contributed by atoms with Crippen LogP contribution in [0.4, 0.5) is 0 Å². The van der Waals surface area contributed by atoms with Gasteiger partial charge in [-0.15, -0.1) is 23.5 Å². The smallest absolute Gasteiger partial charge is 0.123 e. The van der Waals surface area contributed by atoms with E-state index in [1.54, 1.807) is 11.8 Å². The van der Waals surface area contributed by atoms with E-state index in [1.807, 2.05) is 26.0 Å². The molecule has 0 bridgehead atoms. The molecule has 1 N–H and O–H groups in total. The van der Waals surface area contributed by atoms with Gasteiger partial charge in [0.2, 0.25) is 0 Å². The molecule has 1 aromatic carbocycles. The minimum atomic E-state index is -1.05. The van der Waals surface area contributed by atoms with Gasteiger partial charge in [-0.2, -0.15) is 0 Å². The lowest BCUT2D eigenvalue weighted by Gasteiger charge is -2.30. The van der Waals surface area contributed by atoms with Gasteiger partial charge in [-0.3, -0.25) is 0 Å². The normalized spacial score (nSPS) is 13.2. The highest BCUT2D eigenvalue weighted by Crippen LogP contribution is 2.46. The van der Waals surface area contributed by atoms with E-state index in [9.17, 15) is 15.0 Å². The lowest BCUT2D eigenvalue weighted by molar-refractivity contribution is -0.301. The maximum atomic E-state index is 10.8. The molecule has 1 rings (SSSR count). The monoisotopic (exact) mass is 369 g/mol. The van der Waals surface area contributed by atoms with E-state index in [1.165, 1.54) is 11.8 Å². The fourth-order valence-electron chi connectivity index (χ4n) is 2.36. The number of rotatable bonds is 5. The first-order chi connectivity index (χ1) is 10.6. The topological polar surface area (TPSA) is 60.4 Å². The van der Waals surface area contributed by atoms with Crippen molar-refractivity contribution in [3.8, 4) is 5.75 Å². The van der Waals surface area contributed by atoms with Gasteiger partial charge in [0.15, 0.2) is 0 Å². The van der Waals surface area contributed by atoms with Gasteiger partial charge in [-0.05, 0) is 36.8 Å². The van der Waals surface area contributed by atoms with E-state index in [2.05, 4.69) is 41.5 Å². The van der Waals surface area contributed by atoms with Crippen molar-refractivity contribution in [1.82, 2.24) is 0 Å². The predicted octanol–water partition coefficient (Wildman–Crippen LogP) is 4.30. The Kier molecular flexibility index (Phi) is 6.37. The zero-order chi connectivity index (χ0) is 18.9. The molecule has 3 nitrogen and oxygen atoms in total. The fourth-order valence-corrected chi connectivity index (χ4v) is 4.44. The molecule has 0 aliphatic rings. The Morgan fingerprint density at radius 3 is 1.75 bits per heavy atom. The van der Waals surface area contributed by atoms with Gasteiger partial charge >= 0.3 is 0 Å². The molecule has 0 heterocycles. The van der Waals surface area contributed by atoms with Gasteiger partial charge in [0.05, 0.1) is 10.0 Å². The van der Waals surface area contributed by atoms with Crippen molar-refractivity contribution in [3.05, 3.63) is 23.3 Å². The van der Waals surface area contributed by atoms with E-state index < -0.39 is 5.97 Å². The first-order valence-electron chi connectivity index (χ1n) is 8.04. The average molecular weight is 370 g/mol. The third-order valence-electron chi connectivity index (χ3n) is 3.60. The number of carbonyl (C=O) groups is 1. The summed E-state index contributed by atoms with van der Waals surface area (Å²) in [6, 6.07) is 4.05. The van der Waals surface area contributed by atoms with Gasteiger partial charge < -0.3 is 15.0 Å². The molecular weight excluding hydrogens is 340 g/mol. The van der Waals surface area contributed by atoms with E-state index in [0.717, 1.165) is 16.0 Å². The van der Waals surface area contributed by atoms with Crippen LogP contribution >= 0.6 is 23.5 Å². The summed E-state index contributed by atoms with van der Waals surface area (Å²) in [4.78, 5) is 11.8. The van der Waals surface area contributed by atoms with Crippen molar-refractivity contribution in [3.63, 3.8) is 0 Å². The van der Waals surface area contributed by atoms with E-state index in [0.29, 0.717) is 5.75 Å². The first kappa shape index (κ1) is 21.2. The second-order valence-corrected chi connectivity index (χ2v) is 12.1. The minimum Gasteiger partial charge on any atom is -0.549 e. The molecule has 0 aliphatic carbocycles. The lowest BCUT2D eigenvalue weighted by Crippen LogP contribution is -2.26. The van der Waals surface area contributed by atoms with Crippen molar-refractivity contribution < 1.29 is 15.0 Å². The number of hydrogen-bond donors (Lipinski definition) is 1. The Morgan fingerprint density at radius 2 is 1.42 bits per heavy atom. The summed E-state index contributed by atoms with van der Waals surface area (Å²) in [7, 11) is 0. The third kappa shape index (κ3) is 5.92. The highest BCUT2D eigenvalue weighted by atomic mass is 32.2. The highest BCUT2D eigenvalue weighted by molar-refractivity contribution is 8.18. The first-order valence-corrected chi connectivity index (χ1v) is 9.84. The van der Waals surface area contributed by atoms with Crippen molar-refractivity contribution >= 4 is 29.5 Å². The number of thioether (sulfide) groups is 2. The summed E-state index contributed by atoms with van der Waals surface area (Å²) in [5, 5.41) is 21.5. The zero-order valence-corrected chi connectivity index (χ0v) is 17.6. The van der Waals surface area contributed by atoms with Gasteiger partial charge in [-0.25, -0.2) is 0 Å². The Morgan fingerprint density at radius 1 is 1.00 bits per heavy atom. The van der Waals surface area contributed by atoms with Gasteiger partial charge in [0.25, 0.3) is 0 Å². The Balaban J connectivity index is 3.31. The Bertz CT molecular complexity index is 573. The summed E-state index contributed by atoms with van der Waals surface area (Å²) >= 11 is 2.97. The van der Waals surface area contributed by atoms with Crippen LogP contribution in [0.25, 0.3) is 0 Å². The number of aromatic hydroxyl groups is 1. The Labute approximate surface area is 154 Å². The number of benzene rings is 1. The number of carboxylic acids is 1. The maximum Gasteiger partial charge on any atom is 0.123 e. The fraction of sp³-hybridized carbons (Fsp3) is 0.632. The van der Waals surface area contributed by atoms with Crippen LogP contribution in [0.3, 0.4) is 0 Å². The molecular formula is C19H29O3S2-. The molecule has 0 spiro atoms. The van der Waals surface area contributed by atoms with Crippen LogP contribution in [0.2, 0.25) is 0 Å². The second-order valence-electron chi connectivity index (χ2n) is 8.53. The zero-order valence-electron chi connectivity index (χ0n) is 15.9. The van der Waals surface area contributed by atoms with Gasteiger partial charge in [0, 0.05) is 21.8 Å². The molecule has 0 amide bonds. The van der Waals surface area contributed by atoms with Crippen molar-refractivity contribution in [2.45, 2.75) is 75.2 Å². The summed E-state index contributed by atoms with van der Waals surface area (Å²) in [5.74, 6) is -0.722. The molecule has 0 saturated carbocycles. The molecule has 0 aliphatic heterocycles. The summed E-state index contributed by atoms with van der Waals surface area (Å²) < 4.78 is -0.304. The molecule has 0 atom stereocenters. The summed E-state index contributed by atoms with van der Waals surface area (Å²) in [5.41, 5.74) is 1.47. The Hall–Kier alpha value is -0.810. The average Bonchev–Trinajstić information content (AvgIpc) is 2.35. The second kappa shape index (κ2) is 7.20. The van der Waals surface area contributed by atoms with E-state index >= 15 is 0 Å². The quantitative estimate of drug-likeness (QED) is 0.619. The standard InChI is InChI=1S/C19H30O3S2/c1-17(2,3)13-9-12(10-14(16(13)22)18(4,5)6)24-19(7,8)23-11-15(20)21/h9-10,22H,11H2,1-8H3,(H,20,21)/p-1. The number of hydrogen-bond acceptors (Lipinski definition) is 5. The van der Waals surface area contributed by atoms with Crippen LogP contribution < -0.4 is 5.11 Å². The number of phenols is 1. The van der Waals surface area contributed by atoms with Crippen molar-refractivity contribution in [2.75, 3.05) is 5.75 Å². The number of aliphatic carboxylic acids is 1. The summed E-state index contributed by atoms with van der Waals surface area (Å²) in [6.45, 7) is 16.5. The molecule has 0 radical (unpaired) electrons. The maximum absolute atomic E-state index is 10.8.